The van der Waals surface area contributed by atoms with Gasteiger partial charge in [0.25, 0.3) is 5.91 Å². The van der Waals surface area contributed by atoms with Gasteiger partial charge in [-0.3, -0.25) is 9.69 Å². The number of rotatable bonds is 6. The summed E-state index contributed by atoms with van der Waals surface area (Å²) >= 11 is 0. The molecule has 6 nitrogen and oxygen atoms in total. The van der Waals surface area contributed by atoms with E-state index in [2.05, 4.69) is 33.6 Å². The molecule has 0 radical (unpaired) electrons. The van der Waals surface area contributed by atoms with E-state index in [0.717, 1.165) is 43.0 Å². The van der Waals surface area contributed by atoms with Crippen LogP contribution in [0.4, 0.5) is 0 Å². The van der Waals surface area contributed by atoms with E-state index in [0.29, 0.717) is 18.0 Å². The van der Waals surface area contributed by atoms with Gasteiger partial charge in [0.15, 0.2) is 11.5 Å². The first-order valence-electron chi connectivity index (χ1n) is 11.8. The Morgan fingerprint density at radius 1 is 1.03 bits per heavy atom. The van der Waals surface area contributed by atoms with E-state index < -0.39 is 0 Å². The third-order valence-corrected chi connectivity index (χ3v) is 6.75. The molecule has 1 saturated heterocycles. The molecule has 1 aromatic carbocycles. The first-order valence-corrected chi connectivity index (χ1v) is 11.8. The standard InChI is InChI=1S/C26H31N3O3/c1-18-9-12-24(31-18)23(29-13-5-2-6-14-29)17-27-26(30)22-16-25(32-28-22)21-11-10-19-7-3-4-8-20(19)15-21/h9-12,15-16,23H,2-8,13-14,17H2,1H3,(H,27,30). The number of nitrogens with one attached hydrogen (secondary N) is 1. The molecule has 5 rings (SSSR count). The van der Waals surface area contributed by atoms with Crippen molar-refractivity contribution in [3.63, 3.8) is 0 Å². The van der Waals surface area contributed by atoms with Crippen LogP contribution in [-0.4, -0.2) is 35.6 Å². The molecule has 1 aliphatic carbocycles. The van der Waals surface area contributed by atoms with Crippen LogP contribution in [0.15, 0.2) is 45.3 Å². The lowest BCUT2D eigenvalue weighted by atomic mass is 9.90. The molecule has 1 aliphatic heterocycles. The molecule has 32 heavy (non-hydrogen) atoms. The average molecular weight is 434 g/mol. The van der Waals surface area contributed by atoms with Gasteiger partial charge in [-0.05, 0) is 87.9 Å². The Morgan fingerprint density at radius 3 is 2.62 bits per heavy atom. The molecule has 168 valence electrons. The number of nitrogens with zero attached hydrogens (tertiary/aromatic N) is 2. The largest absolute Gasteiger partial charge is 0.465 e. The quantitative estimate of drug-likeness (QED) is 0.587. The van der Waals surface area contributed by atoms with Crippen LogP contribution < -0.4 is 5.32 Å². The fraction of sp³-hybridized carbons (Fsp3) is 0.462. The Morgan fingerprint density at radius 2 is 1.84 bits per heavy atom. The summed E-state index contributed by atoms with van der Waals surface area (Å²) in [7, 11) is 0. The smallest absolute Gasteiger partial charge is 0.273 e. The van der Waals surface area contributed by atoms with E-state index in [1.165, 1.54) is 43.2 Å². The van der Waals surface area contributed by atoms with Crippen LogP contribution in [0.1, 0.15) is 71.3 Å². The van der Waals surface area contributed by atoms with Gasteiger partial charge in [-0.2, -0.15) is 0 Å². The number of aryl methyl sites for hydroxylation is 3. The van der Waals surface area contributed by atoms with Crippen molar-refractivity contribution in [3.05, 3.63) is 64.7 Å². The van der Waals surface area contributed by atoms with Crippen molar-refractivity contribution in [2.75, 3.05) is 19.6 Å². The van der Waals surface area contributed by atoms with Crippen molar-refractivity contribution in [1.82, 2.24) is 15.4 Å². The van der Waals surface area contributed by atoms with Crippen molar-refractivity contribution in [1.29, 1.82) is 0 Å². The second kappa shape index (κ2) is 9.33. The maximum Gasteiger partial charge on any atom is 0.273 e. The highest BCUT2D eigenvalue weighted by Gasteiger charge is 2.26. The fourth-order valence-corrected chi connectivity index (χ4v) is 4.96. The van der Waals surface area contributed by atoms with Crippen LogP contribution >= 0.6 is 0 Å². The normalized spacial score (nSPS) is 17.7. The Labute approximate surface area is 189 Å². The predicted molar refractivity (Wildman–Crippen MR) is 123 cm³/mol. The number of aromatic nitrogens is 1. The lowest BCUT2D eigenvalue weighted by Gasteiger charge is -2.33. The molecule has 1 N–H and O–H groups in total. The lowest BCUT2D eigenvalue weighted by Crippen LogP contribution is -2.40. The van der Waals surface area contributed by atoms with Gasteiger partial charge in [0, 0.05) is 18.2 Å². The number of carbonyl (C=O) groups is 1. The minimum Gasteiger partial charge on any atom is -0.465 e. The van der Waals surface area contributed by atoms with Crippen LogP contribution in [0.2, 0.25) is 0 Å². The molecule has 1 fully saturated rings. The molecule has 0 spiro atoms. The molecule has 3 aromatic rings. The van der Waals surface area contributed by atoms with Gasteiger partial charge in [-0.25, -0.2) is 0 Å². The number of benzene rings is 1. The van der Waals surface area contributed by atoms with E-state index in [9.17, 15) is 4.79 Å². The average Bonchev–Trinajstić information content (AvgIpc) is 3.49. The Kier molecular flexibility index (Phi) is 6.12. The highest BCUT2D eigenvalue weighted by Crippen LogP contribution is 2.29. The van der Waals surface area contributed by atoms with Crippen molar-refractivity contribution in [2.24, 2.45) is 0 Å². The van der Waals surface area contributed by atoms with Crippen molar-refractivity contribution in [3.8, 4) is 11.3 Å². The molecule has 2 aliphatic rings. The van der Waals surface area contributed by atoms with Gasteiger partial charge >= 0.3 is 0 Å². The maximum absolute atomic E-state index is 12.9. The monoisotopic (exact) mass is 433 g/mol. The number of hydrogen-bond donors (Lipinski definition) is 1. The third kappa shape index (κ3) is 4.51. The summed E-state index contributed by atoms with van der Waals surface area (Å²) in [4.78, 5) is 15.3. The fourth-order valence-electron chi connectivity index (χ4n) is 4.96. The SMILES string of the molecule is Cc1ccc(C(CNC(=O)c2cc(-c3ccc4c(c3)CCCC4)on2)N2CCCCC2)o1. The van der Waals surface area contributed by atoms with Gasteiger partial charge in [-0.1, -0.05) is 23.7 Å². The molecular formula is C26H31N3O3. The van der Waals surface area contributed by atoms with Gasteiger partial charge in [0.1, 0.15) is 11.5 Å². The third-order valence-electron chi connectivity index (χ3n) is 6.75. The number of hydrogen-bond acceptors (Lipinski definition) is 5. The number of piperidine rings is 1. The molecule has 3 heterocycles. The van der Waals surface area contributed by atoms with E-state index in [1.54, 1.807) is 6.07 Å². The number of fused-ring (bicyclic) bond motifs is 1. The number of carbonyl (C=O) groups excluding carboxylic acids is 1. The van der Waals surface area contributed by atoms with Crippen LogP contribution in [-0.2, 0) is 12.8 Å². The lowest BCUT2D eigenvalue weighted by molar-refractivity contribution is 0.0905. The van der Waals surface area contributed by atoms with E-state index in [4.69, 9.17) is 8.94 Å². The van der Waals surface area contributed by atoms with Gasteiger partial charge < -0.3 is 14.3 Å². The molecular weight excluding hydrogens is 402 g/mol. The zero-order valence-corrected chi connectivity index (χ0v) is 18.7. The zero-order valence-electron chi connectivity index (χ0n) is 18.7. The minimum atomic E-state index is -0.219. The van der Waals surface area contributed by atoms with Gasteiger partial charge in [0.05, 0.1) is 6.04 Å². The summed E-state index contributed by atoms with van der Waals surface area (Å²) in [5.74, 6) is 2.21. The summed E-state index contributed by atoms with van der Waals surface area (Å²) in [6.07, 6.45) is 8.36. The topological polar surface area (TPSA) is 71.5 Å². The second-order valence-electron chi connectivity index (χ2n) is 9.04. The van der Waals surface area contributed by atoms with E-state index >= 15 is 0 Å². The molecule has 2 aromatic heterocycles. The Balaban J connectivity index is 1.28. The zero-order chi connectivity index (χ0) is 21.9. The van der Waals surface area contributed by atoms with E-state index in [-0.39, 0.29) is 11.9 Å². The Bertz CT molecular complexity index is 1080. The first-order chi connectivity index (χ1) is 15.7. The molecule has 1 atom stereocenters. The van der Waals surface area contributed by atoms with Crippen molar-refractivity contribution < 1.29 is 13.7 Å². The molecule has 1 unspecified atom stereocenters. The number of likely N-dealkylation sites (tertiary alicyclic amines) is 1. The molecule has 0 saturated carbocycles. The minimum absolute atomic E-state index is 0.0277. The predicted octanol–water partition coefficient (Wildman–Crippen LogP) is 5.08. The second-order valence-corrected chi connectivity index (χ2v) is 9.04. The molecule has 1 amide bonds. The highest BCUT2D eigenvalue weighted by molar-refractivity contribution is 5.93. The summed E-state index contributed by atoms with van der Waals surface area (Å²) in [6, 6.07) is 12.2. The van der Waals surface area contributed by atoms with Crippen LogP contribution in [0.3, 0.4) is 0 Å². The first kappa shape index (κ1) is 21.0. The summed E-state index contributed by atoms with van der Waals surface area (Å²) in [5.41, 5.74) is 4.10. The number of amides is 1. The molecule has 0 bridgehead atoms. The maximum atomic E-state index is 12.9. The number of furan rings is 1. The van der Waals surface area contributed by atoms with Crippen LogP contribution in [0.25, 0.3) is 11.3 Å². The van der Waals surface area contributed by atoms with Gasteiger partial charge in [0.2, 0.25) is 0 Å². The van der Waals surface area contributed by atoms with Gasteiger partial charge in [-0.15, -0.1) is 0 Å². The van der Waals surface area contributed by atoms with E-state index in [1.807, 2.05) is 19.1 Å². The summed E-state index contributed by atoms with van der Waals surface area (Å²) in [6.45, 7) is 4.47. The molecule has 6 heteroatoms. The highest BCUT2D eigenvalue weighted by atomic mass is 16.5. The van der Waals surface area contributed by atoms with Crippen LogP contribution in [0.5, 0.6) is 0 Å². The summed E-state index contributed by atoms with van der Waals surface area (Å²) in [5, 5.41) is 7.10. The summed E-state index contributed by atoms with van der Waals surface area (Å²) < 4.78 is 11.5. The van der Waals surface area contributed by atoms with Crippen molar-refractivity contribution >= 4 is 5.91 Å². The Hall–Kier alpha value is -2.86. The van der Waals surface area contributed by atoms with Crippen LogP contribution in [0, 0.1) is 6.92 Å². The van der Waals surface area contributed by atoms with Crippen molar-refractivity contribution in [2.45, 2.75) is 57.9 Å².